The van der Waals surface area contributed by atoms with E-state index in [0.29, 0.717) is 41.7 Å². The summed E-state index contributed by atoms with van der Waals surface area (Å²) >= 11 is 0. The molecule has 0 amide bonds. The lowest BCUT2D eigenvalue weighted by Crippen LogP contribution is -2.31. The number of nitrogens with zero attached hydrogens (tertiary/aromatic N) is 4. The van der Waals surface area contributed by atoms with Gasteiger partial charge in [-0.25, -0.2) is 18.4 Å². The summed E-state index contributed by atoms with van der Waals surface area (Å²) in [4.78, 5) is 9.26. The third kappa shape index (κ3) is 3.75. The largest absolute Gasteiger partial charge is 0.360 e. The Bertz CT molecular complexity index is 1120. The molecule has 29 heavy (non-hydrogen) atoms. The standard InChI is InChI=1S/C20H23N5O3S/c1-13-7-4-10-18(21-13)23-19-11-5-8-16(22-19)17-9-6-12-25(17)29(26,27)20-14(2)24-28-15(20)3/h4-5,7-8,10-11,17H,6,9,12H2,1-3H3,(H,21,22,23)/t17-/m1/s1. The third-order valence-corrected chi connectivity index (χ3v) is 7.15. The Morgan fingerprint density at radius 1 is 1.07 bits per heavy atom. The van der Waals surface area contributed by atoms with E-state index in [2.05, 4.69) is 20.4 Å². The Kier molecular flexibility index (Phi) is 5.10. The fourth-order valence-electron chi connectivity index (χ4n) is 3.73. The first-order valence-electron chi connectivity index (χ1n) is 9.48. The first-order valence-corrected chi connectivity index (χ1v) is 10.9. The second kappa shape index (κ2) is 7.57. The number of aryl methyl sites for hydroxylation is 3. The van der Waals surface area contributed by atoms with Gasteiger partial charge in [-0.15, -0.1) is 0 Å². The van der Waals surface area contributed by atoms with E-state index in [0.717, 1.165) is 12.1 Å². The van der Waals surface area contributed by atoms with Crippen molar-refractivity contribution in [1.82, 2.24) is 19.4 Å². The lowest BCUT2D eigenvalue weighted by Gasteiger charge is -2.24. The predicted octanol–water partition coefficient (Wildman–Crippen LogP) is 3.66. The van der Waals surface area contributed by atoms with Crippen LogP contribution in [0.2, 0.25) is 0 Å². The monoisotopic (exact) mass is 413 g/mol. The molecule has 0 bridgehead atoms. The van der Waals surface area contributed by atoms with E-state index in [1.807, 2.05) is 43.3 Å². The van der Waals surface area contributed by atoms with Crippen molar-refractivity contribution >= 4 is 21.7 Å². The molecule has 9 heteroatoms. The number of aromatic nitrogens is 3. The van der Waals surface area contributed by atoms with E-state index in [-0.39, 0.29) is 10.9 Å². The summed E-state index contributed by atoms with van der Waals surface area (Å²) in [6.45, 7) is 5.63. The molecule has 1 fully saturated rings. The highest BCUT2D eigenvalue weighted by Crippen LogP contribution is 2.37. The molecule has 4 heterocycles. The number of pyridine rings is 2. The summed E-state index contributed by atoms with van der Waals surface area (Å²) in [7, 11) is -3.73. The van der Waals surface area contributed by atoms with Crippen LogP contribution in [-0.2, 0) is 10.0 Å². The second-order valence-electron chi connectivity index (χ2n) is 7.16. The van der Waals surface area contributed by atoms with Crippen LogP contribution in [0.5, 0.6) is 0 Å². The van der Waals surface area contributed by atoms with Crippen molar-refractivity contribution in [2.75, 3.05) is 11.9 Å². The number of nitrogens with one attached hydrogen (secondary N) is 1. The van der Waals surface area contributed by atoms with Gasteiger partial charge >= 0.3 is 0 Å². The van der Waals surface area contributed by atoms with Crippen molar-refractivity contribution in [1.29, 1.82) is 0 Å². The smallest absolute Gasteiger partial charge is 0.249 e. The minimum absolute atomic E-state index is 0.155. The Morgan fingerprint density at radius 3 is 2.48 bits per heavy atom. The maximum atomic E-state index is 13.3. The highest BCUT2D eigenvalue weighted by Gasteiger charge is 2.39. The summed E-state index contributed by atoms with van der Waals surface area (Å²) in [6, 6.07) is 11.0. The van der Waals surface area contributed by atoms with Gasteiger partial charge in [0.2, 0.25) is 10.0 Å². The van der Waals surface area contributed by atoms with Crippen LogP contribution < -0.4 is 5.32 Å². The fraction of sp³-hybridized carbons (Fsp3) is 0.350. The molecular weight excluding hydrogens is 390 g/mol. The minimum Gasteiger partial charge on any atom is -0.360 e. The molecule has 1 atom stereocenters. The number of hydrogen-bond acceptors (Lipinski definition) is 7. The molecule has 0 saturated carbocycles. The molecule has 1 aliphatic rings. The molecular formula is C20H23N5O3S. The van der Waals surface area contributed by atoms with Crippen LogP contribution in [0.3, 0.4) is 0 Å². The molecule has 4 rings (SSSR count). The third-order valence-electron chi connectivity index (χ3n) is 4.99. The van der Waals surface area contributed by atoms with Crippen LogP contribution in [0.25, 0.3) is 0 Å². The van der Waals surface area contributed by atoms with Gasteiger partial charge in [0.05, 0.1) is 11.7 Å². The summed E-state index contributed by atoms with van der Waals surface area (Å²) in [6.07, 6.45) is 1.48. The Balaban J connectivity index is 1.64. The lowest BCUT2D eigenvalue weighted by molar-refractivity contribution is 0.381. The number of sulfonamides is 1. The van der Waals surface area contributed by atoms with Crippen molar-refractivity contribution in [3.63, 3.8) is 0 Å². The molecule has 1 saturated heterocycles. The van der Waals surface area contributed by atoms with Gasteiger partial charge in [0, 0.05) is 12.2 Å². The molecule has 1 N–H and O–H groups in total. The van der Waals surface area contributed by atoms with E-state index in [4.69, 9.17) is 4.52 Å². The van der Waals surface area contributed by atoms with Gasteiger partial charge in [-0.3, -0.25) is 0 Å². The van der Waals surface area contributed by atoms with Crippen molar-refractivity contribution in [2.45, 2.75) is 44.6 Å². The van der Waals surface area contributed by atoms with Crippen LogP contribution in [0.4, 0.5) is 11.6 Å². The van der Waals surface area contributed by atoms with Crippen LogP contribution >= 0.6 is 0 Å². The van der Waals surface area contributed by atoms with Crippen molar-refractivity contribution < 1.29 is 12.9 Å². The molecule has 3 aromatic heterocycles. The Morgan fingerprint density at radius 2 is 1.79 bits per heavy atom. The molecule has 0 radical (unpaired) electrons. The zero-order valence-electron chi connectivity index (χ0n) is 16.6. The molecule has 3 aromatic rings. The van der Waals surface area contributed by atoms with E-state index >= 15 is 0 Å². The van der Waals surface area contributed by atoms with Gasteiger partial charge in [-0.2, -0.15) is 4.31 Å². The number of anilines is 2. The van der Waals surface area contributed by atoms with E-state index in [9.17, 15) is 8.42 Å². The normalized spacial score (nSPS) is 17.6. The lowest BCUT2D eigenvalue weighted by atomic mass is 10.1. The van der Waals surface area contributed by atoms with E-state index in [1.54, 1.807) is 13.8 Å². The minimum atomic E-state index is -3.73. The summed E-state index contributed by atoms with van der Waals surface area (Å²) in [5, 5.41) is 7.00. The quantitative estimate of drug-likeness (QED) is 0.681. The topological polar surface area (TPSA) is 101 Å². The Labute approximate surface area is 170 Å². The van der Waals surface area contributed by atoms with Crippen LogP contribution in [0, 0.1) is 20.8 Å². The fourth-order valence-corrected chi connectivity index (χ4v) is 5.70. The maximum Gasteiger partial charge on any atom is 0.249 e. The summed E-state index contributed by atoms with van der Waals surface area (Å²) in [5.41, 5.74) is 1.98. The van der Waals surface area contributed by atoms with Gasteiger partial charge in [0.25, 0.3) is 0 Å². The summed E-state index contributed by atoms with van der Waals surface area (Å²) < 4.78 is 33.2. The number of rotatable bonds is 5. The molecule has 8 nitrogen and oxygen atoms in total. The molecule has 0 unspecified atom stereocenters. The van der Waals surface area contributed by atoms with Crippen LogP contribution in [0.1, 0.15) is 41.7 Å². The van der Waals surface area contributed by atoms with Gasteiger partial charge in [-0.05, 0) is 57.9 Å². The van der Waals surface area contributed by atoms with Gasteiger partial charge in [0.1, 0.15) is 22.2 Å². The first kappa shape index (κ1) is 19.5. The van der Waals surface area contributed by atoms with Crippen molar-refractivity contribution in [3.05, 3.63) is 59.2 Å². The van der Waals surface area contributed by atoms with Gasteiger partial charge < -0.3 is 9.84 Å². The number of hydrogen-bond donors (Lipinski definition) is 1. The van der Waals surface area contributed by atoms with Crippen molar-refractivity contribution in [3.8, 4) is 0 Å². The molecule has 1 aliphatic heterocycles. The van der Waals surface area contributed by atoms with E-state index < -0.39 is 10.0 Å². The average Bonchev–Trinajstić information content (AvgIpc) is 3.29. The SMILES string of the molecule is Cc1cccc(Nc2cccc([C@H]3CCCN3S(=O)(=O)c3c(C)noc3C)n2)n1. The molecule has 0 spiro atoms. The van der Waals surface area contributed by atoms with Crippen LogP contribution in [-0.4, -0.2) is 34.4 Å². The average molecular weight is 414 g/mol. The molecule has 0 aliphatic carbocycles. The Hall–Kier alpha value is -2.78. The van der Waals surface area contributed by atoms with Gasteiger partial charge in [0.15, 0.2) is 5.76 Å². The zero-order chi connectivity index (χ0) is 20.6. The highest BCUT2D eigenvalue weighted by molar-refractivity contribution is 7.89. The molecule has 152 valence electrons. The van der Waals surface area contributed by atoms with Gasteiger partial charge in [-0.1, -0.05) is 17.3 Å². The summed E-state index contributed by atoms with van der Waals surface area (Å²) in [5.74, 6) is 1.63. The van der Waals surface area contributed by atoms with E-state index in [1.165, 1.54) is 4.31 Å². The second-order valence-corrected chi connectivity index (χ2v) is 8.99. The zero-order valence-corrected chi connectivity index (χ0v) is 17.4. The van der Waals surface area contributed by atoms with Crippen LogP contribution in [0.15, 0.2) is 45.8 Å². The first-order chi connectivity index (χ1) is 13.9. The van der Waals surface area contributed by atoms with Crippen molar-refractivity contribution in [2.24, 2.45) is 0 Å². The molecule has 0 aromatic carbocycles. The highest BCUT2D eigenvalue weighted by atomic mass is 32.2. The maximum absolute atomic E-state index is 13.3. The predicted molar refractivity (Wildman–Crippen MR) is 108 cm³/mol.